The van der Waals surface area contributed by atoms with Crippen LogP contribution in [0.1, 0.15) is 31.6 Å². The lowest BCUT2D eigenvalue weighted by Gasteiger charge is -2.24. The van der Waals surface area contributed by atoms with E-state index in [2.05, 4.69) is 16.0 Å². The molecule has 2 aromatic rings. The van der Waals surface area contributed by atoms with Crippen LogP contribution >= 0.6 is 0 Å². The number of anilines is 2. The second kappa shape index (κ2) is 7.41. The normalized spacial score (nSPS) is 11.7. The van der Waals surface area contributed by atoms with E-state index in [0.717, 1.165) is 11.4 Å². The largest absolute Gasteiger partial charge is 0.387 e. The molecule has 1 unspecified atom stereocenters. The number of hydrogen-bond acceptors (Lipinski definition) is 4. The summed E-state index contributed by atoms with van der Waals surface area (Å²) in [7, 11) is 0. The fourth-order valence-corrected chi connectivity index (χ4v) is 2.14. The van der Waals surface area contributed by atoms with Gasteiger partial charge in [-0.3, -0.25) is 4.98 Å². The molecule has 0 bridgehead atoms. The van der Waals surface area contributed by atoms with Crippen molar-refractivity contribution in [3.8, 4) is 6.07 Å². The maximum Gasteiger partial charge on any atom is 0.0957 e. The first-order valence-electron chi connectivity index (χ1n) is 7.09. The van der Waals surface area contributed by atoms with Crippen molar-refractivity contribution in [2.75, 3.05) is 11.4 Å². The zero-order valence-electron chi connectivity index (χ0n) is 12.1. The Morgan fingerprint density at radius 2 is 1.95 bits per heavy atom. The molecule has 0 spiro atoms. The number of aliphatic hydroxyl groups is 1. The molecule has 108 valence electrons. The third kappa shape index (κ3) is 3.80. The topological polar surface area (TPSA) is 60.1 Å². The molecule has 0 amide bonds. The minimum absolute atomic E-state index is 0.439. The van der Waals surface area contributed by atoms with E-state index in [0.29, 0.717) is 25.1 Å². The summed E-state index contributed by atoms with van der Waals surface area (Å²) in [5.74, 6) is 0. The maximum absolute atomic E-state index is 9.80. The van der Waals surface area contributed by atoms with Crippen LogP contribution < -0.4 is 4.90 Å². The number of para-hydroxylation sites is 1. The zero-order valence-corrected chi connectivity index (χ0v) is 12.1. The molecular formula is C17H19N3O. The van der Waals surface area contributed by atoms with Crippen LogP contribution in [0.3, 0.4) is 0 Å². The first-order valence-corrected chi connectivity index (χ1v) is 7.09. The van der Waals surface area contributed by atoms with Gasteiger partial charge >= 0.3 is 0 Å². The number of benzene rings is 1. The van der Waals surface area contributed by atoms with Crippen molar-refractivity contribution in [3.63, 3.8) is 0 Å². The van der Waals surface area contributed by atoms with E-state index in [9.17, 15) is 5.11 Å². The van der Waals surface area contributed by atoms with Crippen LogP contribution in [0, 0.1) is 11.3 Å². The molecule has 2 rings (SSSR count). The van der Waals surface area contributed by atoms with Crippen molar-refractivity contribution < 1.29 is 5.11 Å². The zero-order chi connectivity index (χ0) is 15.1. The average molecular weight is 281 g/mol. The standard InChI is InChI=1S/C17H19N3O/c1-2-17(21)16-10-9-15(13-19-16)20(12-6-11-18)14-7-4-3-5-8-14/h3-5,7-10,13,17,21H,2,6,12H2,1H3. The van der Waals surface area contributed by atoms with Gasteiger partial charge < -0.3 is 10.0 Å². The van der Waals surface area contributed by atoms with Gasteiger partial charge in [0, 0.05) is 12.2 Å². The summed E-state index contributed by atoms with van der Waals surface area (Å²) in [6.07, 6.45) is 2.30. The predicted molar refractivity (Wildman–Crippen MR) is 83.2 cm³/mol. The van der Waals surface area contributed by atoms with Crippen molar-refractivity contribution in [1.82, 2.24) is 4.98 Å². The summed E-state index contributed by atoms with van der Waals surface area (Å²) in [5.41, 5.74) is 2.62. The van der Waals surface area contributed by atoms with Gasteiger partial charge in [-0.25, -0.2) is 0 Å². The number of pyridine rings is 1. The minimum atomic E-state index is -0.525. The molecule has 0 aliphatic heterocycles. The highest BCUT2D eigenvalue weighted by Crippen LogP contribution is 2.26. The quantitative estimate of drug-likeness (QED) is 0.879. The lowest BCUT2D eigenvalue weighted by atomic mass is 10.1. The predicted octanol–water partition coefficient (Wildman–Crippen LogP) is 3.58. The third-order valence-corrected chi connectivity index (χ3v) is 3.33. The summed E-state index contributed by atoms with van der Waals surface area (Å²) >= 11 is 0. The lowest BCUT2D eigenvalue weighted by Crippen LogP contribution is -2.18. The van der Waals surface area contributed by atoms with Gasteiger partial charge in [0.05, 0.1) is 36.2 Å². The number of nitriles is 1. The highest BCUT2D eigenvalue weighted by Gasteiger charge is 2.11. The highest BCUT2D eigenvalue weighted by molar-refractivity contribution is 5.62. The third-order valence-electron chi connectivity index (χ3n) is 3.33. The van der Waals surface area contributed by atoms with Gasteiger partial charge in [0.2, 0.25) is 0 Å². The van der Waals surface area contributed by atoms with E-state index >= 15 is 0 Å². The number of nitrogens with zero attached hydrogens (tertiary/aromatic N) is 3. The highest BCUT2D eigenvalue weighted by atomic mass is 16.3. The van der Waals surface area contributed by atoms with Crippen molar-refractivity contribution in [2.24, 2.45) is 0 Å². The Kier molecular flexibility index (Phi) is 5.30. The first-order chi connectivity index (χ1) is 10.3. The van der Waals surface area contributed by atoms with Crippen LogP contribution in [0.2, 0.25) is 0 Å². The summed E-state index contributed by atoms with van der Waals surface area (Å²) < 4.78 is 0. The van der Waals surface area contributed by atoms with E-state index in [1.54, 1.807) is 6.20 Å². The summed E-state index contributed by atoms with van der Waals surface area (Å²) in [6, 6.07) is 15.9. The van der Waals surface area contributed by atoms with Gasteiger partial charge in [-0.05, 0) is 30.7 Å². The molecule has 1 aromatic heterocycles. The van der Waals surface area contributed by atoms with Crippen LogP contribution in [0.5, 0.6) is 0 Å². The smallest absolute Gasteiger partial charge is 0.0957 e. The molecule has 0 aliphatic rings. The summed E-state index contributed by atoms with van der Waals surface area (Å²) in [5, 5.41) is 18.6. The molecule has 0 saturated carbocycles. The molecule has 1 N–H and O–H groups in total. The minimum Gasteiger partial charge on any atom is -0.387 e. The molecule has 0 radical (unpaired) electrons. The van der Waals surface area contributed by atoms with Crippen molar-refractivity contribution in [1.29, 1.82) is 5.26 Å². The van der Waals surface area contributed by atoms with Crippen LogP contribution in [-0.4, -0.2) is 16.6 Å². The SMILES string of the molecule is CCC(O)c1ccc(N(CCC#N)c2ccccc2)cn1. The molecule has 21 heavy (non-hydrogen) atoms. The maximum atomic E-state index is 9.80. The van der Waals surface area contributed by atoms with E-state index < -0.39 is 6.10 Å². The Morgan fingerprint density at radius 1 is 1.19 bits per heavy atom. The molecular weight excluding hydrogens is 262 g/mol. The van der Waals surface area contributed by atoms with Gasteiger partial charge in [0.15, 0.2) is 0 Å². The molecule has 4 nitrogen and oxygen atoms in total. The molecule has 1 atom stereocenters. The second-order valence-corrected chi connectivity index (χ2v) is 4.76. The lowest BCUT2D eigenvalue weighted by molar-refractivity contribution is 0.169. The van der Waals surface area contributed by atoms with Gasteiger partial charge in [-0.1, -0.05) is 25.1 Å². The van der Waals surface area contributed by atoms with Crippen molar-refractivity contribution in [2.45, 2.75) is 25.9 Å². The van der Waals surface area contributed by atoms with E-state index in [1.807, 2.05) is 49.4 Å². The number of aliphatic hydroxyl groups excluding tert-OH is 1. The van der Waals surface area contributed by atoms with E-state index in [-0.39, 0.29) is 0 Å². The van der Waals surface area contributed by atoms with Crippen molar-refractivity contribution in [3.05, 3.63) is 54.4 Å². The van der Waals surface area contributed by atoms with Crippen LogP contribution in [-0.2, 0) is 0 Å². The molecule has 0 saturated heterocycles. The number of rotatable bonds is 6. The summed E-state index contributed by atoms with van der Waals surface area (Å²) in [6.45, 7) is 2.53. The fraction of sp³-hybridized carbons (Fsp3) is 0.294. The van der Waals surface area contributed by atoms with Crippen LogP contribution in [0.25, 0.3) is 0 Å². The Hall–Kier alpha value is -2.38. The molecule has 0 aliphatic carbocycles. The Labute approximate surface area is 125 Å². The average Bonchev–Trinajstić information content (AvgIpc) is 2.56. The number of aromatic nitrogens is 1. The molecule has 1 heterocycles. The first kappa shape index (κ1) is 15.0. The van der Waals surface area contributed by atoms with Gasteiger partial charge in [-0.15, -0.1) is 0 Å². The Morgan fingerprint density at radius 3 is 2.52 bits per heavy atom. The Bertz CT molecular complexity index is 590. The number of hydrogen-bond donors (Lipinski definition) is 1. The monoisotopic (exact) mass is 281 g/mol. The van der Waals surface area contributed by atoms with Gasteiger partial charge in [-0.2, -0.15) is 5.26 Å². The molecule has 4 heteroatoms. The van der Waals surface area contributed by atoms with Crippen molar-refractivity contribution >= 4 is 11.4 Å². The van der Waals surface area contributed by atoms with E-state index in [4.69, 9.17) is 5.26 Å². The van der Waals surface area contributed by atoms with Crippen LogP contribution in [0.4, 0.5) is 11.4 Å². The second-order valence-electron chi connectivity index (χ2n) is 4.76. The molecule has 1 aromatic carbocycles. The summed E-state index contributed by atoms with van der Waals surface area (Å²) in [4.78, 5) is 6.38. The van der Waals surface area contributed by atoms with Gasteiger partial charge in [0.1, 0.15) is 0 Å². The van der Waals surface area contributed by atoms with Gasteiger partial charge in [0.25, 0.3) is 0 Å². The Balaban J connectivity index is 2.27. The van der Waals surface area contributed by atoms with E-state index in [1.165, 1.54) is 0 Å². The van der Waals surface area contributed by atoms with Crippen LogP contribution in [0.15, 0.2) is 48.7 Å². The fourth-order valence-electron chi connectivity index (χ4n) is 2.14. The molecule has 0 fully saturated rings.